The largest absolute Gasteiger partial charge is 0.354 e. The molecule has 0 amide bonds. The predicted molar refractivity (Wildman–Crippen MR) is 82.7 cm³/mol. The third-order valence-electron chi connectivity index (χ3n) is 2.64. The maximum absolute atomic E-state index is 5.81. The summed E-state index contributed by atoms with van der Waals surface area (Å²) in [6.07, 6.45) is 1.84. The number of thiophene rings is 1. The number of halogens is 2. The molecule has 2 nitrogen and oxygen atoms in total. The van der Waals surface area contributed by atoms with E-state index in [0.717, 1.165) is 28.0 Å². The van der Waals surface area contributed by atoms with E-state index in [0.29, 0.717) is 5.88 Å². The highest BCUT2D eigenvalue weighted by Crippen LogP contribution is 2.24. The number of rotatable bonds is 4. The zero-order valence-corrected chi connectivity index (χ0v) is 13.4. The van der Waals surface area contributed by atoms with Gasteiger partial charge in [-0.2, -0.15) is 0 Å². The van der Waals surface area contributed by atoms with Crippen LogP contribution in [0.25, 0.3) is 0 Å². The fourth-order valence-electron chi connectivity index (χ4n) is 1.84. The van der Waals surface area contributed by atoms with Crippen molar-refractivity contribution in [2.75, 3.05) is 11.9 Å². The average Bonchev–Trinajstić information content (AvgIpc) is 2.74. The lowest BCUT2D eigenvalue weighted by molar-refractivity contribution is 0.902. The van der Waals surface area contributed by atoms with Gasteiger partial charge in [0.15, 0.2) is 0 Å². The van der Waals surface area contributed by atoms with Gasteiger partial charge in [-0.1, -0.05) is 0 Å². The fraction of sp³-hybridized carbons (Fsp3) is 0.308. The summed E-state index contributed by atoms with van der Waals surface area (Å²) >= 11 is 11.0. The van der Waals surface area contributed by atoms with Crippen LogP contribution in [0.5, 0.6) is 0 Å². The lowest BCUT2D eigenvalue weighted by Gasteiger charge is -2.19. The molecule has 0 aromatic carbocycles. The van der Waals surface area contributed by atoms with Gasteiger partial charge in [0.2, 0.25) is 0 Å². The summed E-state index contributed by atoms with van der Waals surface area (Å²) in [4.78, 5) is 7.96. The number of pyridine rings is 1. The van der Waals surface area contributed by atoms with Gasteiger partial charge >= 0.3 is 0 Å². The van der Waals surface area contributed by atoms with Crippen molar-refractivity contribution >= 4 is 44.7 Å². The van der Waals surface area contributed by atoms with Crippen molar-refractivity contribution in [2.45, 2.75) is 19.3 Å². The molecule has 2 aromatic heterocycles. The quantitative estimate of drug-likeness (QED) is 0.753. The van der Waals surface area contributed by atoms with Gasteiger partial charge in [0.1, 0.15) is 5.82 Å². The predicted octanol–water partition coefficient (Wildman–Crippen LogP) is 4.59. The smallest absolute Gasteiger partial charge is 0.131 e. The van der Waals surface area contributed by atoms with Crippen LogP contribution in [0.1, 0.15) is 16.0 Å². The molecule has 0 radical (unpaired) electrons. The number of hydrogen-bond donors (Lipinski definition) is 0. The highest BCUT2D eigenvalue weighted by atomic mass is 79.9. The van der Waals surface area contributed by atoms with Crippen LogP contribution in [-0.2, 0) is 12.4 Å². The molecule has 0 bridgehead atoms. The third-order valence-corrected chi connectivity index (χ3v) is 4.63. The lowest BCUT2D eigenvalue weighted by Crippen LogP contribution is -2.18. The summed E-state index contributed by atoms with van der Waals surface area (Å²) in [6, 6.07) is 4.24. The summed E-state index contributed by atoms with van der Waals surface area (Å²) < 4.78 is 1.14. The van der Waals surface area contributed by atoms with Crippen molar-refractivity contribution < 1.29 is 0 Å². The van der Waals surface area contributed by atoms with E-state index in [4.69, 9.17) is 11.6 Å². The molecule has 0 spiro atoms. The number of aryl methyl sites for hydroxylation is 1. The SMILES string of the molecule is Cc1cc(CCl)cnc1N(C)Cc1cc(Br)cs1. The van der Waals surface area contributed by atoms with Crippen molar-refractivity contribution in [1.29, 1.82) is 0 Å². The van der Waals surface area contributed by atoms with E-state index in [-0.39, 0.29) is 0 Å². The molecule has 0 atom stereocenters. The van der Waals surface area contributed by atoms with Gasteiger partial charge in [-0.05, 0) is 46.1 Å². The number of aromatic nitrogens is 1. The summed E-state index contributed by atoms with van der Waals surface area (Å²) in [7, 11) is 2.06. The highest BCUT2D eigenvalue weighted by Gasteiger charge is 2.09. The van der Waals surface area contributed by atoms with Gasteiger partial charge in [0, 0.05) is 33.9 Å². The Hall–Kier alpha value is -0.580. The Bertz CT molecular complexity index is 542. The molecule has 0 N–H and O–H groups in total. The summed E-state index contributed by atoms with van der Waals surface area (Å²) in [6.45, 7) is 2.93. The summed E-state index contributed by atoms with van der Waals surface area (Å²) in [5.74, 6) is 1.52. The van der Waals surface area contributed by atoms with Gasteiger partial charge in [-0.25, -0.2) is 4.98 Å². The van der Waals surface area contributed by atoms with E-state index in [1.165, 1.54) is 4.88 Å². The molecule has 0 fully saturated rings. The van der Waals surface area contributed by atoms with E-state index in [1.807, 2.05) is 6.20 Å². The first-order valence-electron chi connectivity index (χ1n) is 5.55. The molecule has 0 saturated heterocycles. The van der Waals surface area contributed by atoms with Crippen molar-refractivity contribution in [2.24, 2.45) is 0 Å². The molecule has 0 unspecified atom stereocenters. The molecular formula is C13H14BrClN2S. The van der Waals surface area contributed by atoms with Gasteiger partial charge in [0.05, 0.1) is 6.54 Å². The Morgan fingerprint density at radius 3 is 2.78 bits per heavy atom. The lowest BCUT2D eigenvalue weighted by atomic mass is 10.2. The number of anilines is 1. The third kappa shape index (κ3) is 3.25. The molecule has 18 heavy (non-hydrogen) atoms. The minimum absolute atomic E-state index is 0.510. The first-order valence-corrected chi connectivity index (χ1v) is 7.76. The van der Waals surface area contributed by atoms with Crippen LogP contribution in [-0.4, -0.2) is 12.0 Å². The van der Waals surface area contributed by atoms with Crippen molar-refractivity contribution in [1.82, 2.24) is 4.98 Å². The molecule has 5 heteroatoms. The standard InChI is InChI=1S/C13H14BrClN2S/c1-9-3-10(5-15)6-16-13(9)17(2)7-12-4-11(14)8-18-12/h3-4,6,8H,5,7H2,1-2H3. The minimum atomic E-state index is 0.510. The van der Waals surface area contributed by atoms with Crippen LogP contribution in [0, 0.1) is 6.92 Å². The second-order valence-electron chi connectivity index (χ2n) is 4.21. The van der Waals surface area contributed by atoms with E-state index >= 15 is 0 Å². The Kier molecular flexibility index (Phi) is 4.65. The maximum atomic E-state index is 5.81. The van der Waals surface area contributed by atoms with E-state index in [9.17, 15) is 0 Å². The number of alkyl halides is 1. The Morgan fingerprint density at radius 2 is 2.22 bits per heavy atom. The van der Waals surface area contributed by atoms with Gasteiger partial charge < -0.3 is 4.90 Å². The topological polar surface area (TPSA) is 16.1 Å². The van der Waals surface area contributed by atoms with Crippen molar-refractivity contribution in [3.63, 3.8) is 0 Å². The summed E-state index contributed by atoms with van der Waals surface area (Å²) in [5, 5.41) is 2.10. The first kappa shape index (κ1) is 13.8. The van der Waals surface area contributed by atoms with Crippen molar-refractivity contribution in [3.8, 4) is 0 Å². The molecule has 2 rings (SSSR count). The Labute approximate surface area is 125 Å². The van der Waals surface area contributed by atoms with Crippen molar-refractivity contribution in [3.05, 3.63) is 44.2 Å². The zero-order valence-electron chi connectivity index (χ0n) is 10.3. The molecule has 2 aromatic rings. The maximum Gasteiger partial charge on any atom is 0.131 e. The fourth-order valence-corrected chi connectivity index (χ4v) is 3.49. The Balaban J connectivity index is 2.15. The van der Waals surface area contributed by atoms with Crippen LogP contribution >= 0.6 is 38.9 Å². The van der Waals surface area contributed by atoms with Gasteiger partial charge in [-0.15, -0.1) is 22.9 Å². The number of hydrogen-bond acceptors (Lipinski definition) is 3. The Morgan fingerprint density at radius 1 is 1.44 bits per heavy atom. The second-order valence-corrected chi connectivity index (χ2v) is 6.38. The highest BCUT2D eigenvalue weighted by molar-refractivity contribution is 9.10. The molecular weight excluding hydrogens is 332 g/mol. The number of nitrogens with zero attached hydrogens (tertiary/aromatic N) is 2. The van der Waals surface area contributed by atoms with Crippen LogP contribution in [0.4, 0.5) is 5.82 Å². The molecule has 2 heterocycles. The molecule has 0 aliphatic rings. The first-order chi connectivity index (χ1) is 8.60. The van der Waals surface area contributed by atoms with Gasteiger partial charge in [0.25, 0.3) is 0 Å². The molecule has 96 valence electrons. The second kappa shape index (κ2) is 6.04. The van der Waals surface area contributed by atoms with Crippen LogP contribution < -0.4 is 4.90 Å². The monoisotopic (exact) mass is 344 g/mol. The summed E-state index contributed by atoms with van der Waals surface area (Å²) in [5.41, 5.74) is 2.22. The van der Waals surface area contributed by atoms with Crippen LogP contribution in [0.3, 0.4) is 0 Å². The molecule has 0 aliphatic carbocycles. The van der Waals surface area contributed by atoms with E-state index in [1.54, 1.807) is 11.3 Å². The van der Waals surface area contributed by atoms with E-state index < -0.39 is 0 Å². The molecule has 0 saturated carbocycles. The normalized spacial score (nSPS) is 10.7. The minimum Gasteiger partial charge on any atom is -0.354 e. The van der Waals surface area contributed by atoms with Crippen LogP contribution in [0.15, 0.2) is 28.2 Å². The average molecular weight is 346 g/mol. The molecule has 0 aliphatic heterocycles. The van der Waals surface area contributed by atoms with Gasteiger partial charge in [-0.3, -0.25) is 0 Å². The van der Waals surface area contributed by atoms with E-state index in [2.05, 4.69) is 57.3 Å². The van der Waals surface area contributed by atoms with Crippen LogP contribution in [0.2, 0.25) is 0 Å². The zero-order chi connectivity index (χ0) is 13.1.